The molecule has 0 aliphatic heterocycles. The van der Waals surface area contributed by atoms with Crippen LogP contribution in [0.2, 0.25) is 5.02 Å². The molecule has 1 N–H and O–H groups in total. The minimum absolute atomic E-state index is 0.103. The van der Waals surface area contributed by atoms with Gasteiger partial charge in [-0.3, -0.25) is 0 Å². The van der Waals surface area contributed by atoms with E-state index < -0.39 is 12.6 Å². The Morgan fingerprint density at radius 2 is 1.65 bits per heavy atom. The summed E-state index contributed by atoms with van der Waals surface area (Å²) in [6.45, 7) is 1.51. The zero-order valence-electron chi connectivity index (χ0n) is 18.6. The summed E-state index contributed by atoms with van der Waals surface area (Å²) in [5, 5.41) is 9.41. The zero-order valence-corrected chi connectivity index (χ0v) is 19.3. The topological polar surface area (TPSA) is 91.0 Å². The first-order valence-electron chi connectivity index (χ1n) is 10.4. The van der Waals surface area contributed by atoms with Gasteiger partial charge >= 0.3 is 5.97 Å². The molecule has 0 saturated heterocycles. The van der Waals surface area contributed by atoms with Crippen LogP contribution >= 0.6 is 11.6 Å². The van der Waals surface area contributed by atoms with Crippen molar-refractivity contribution in [2.75, 3.05) is 13.7 Å². The van der Waals surface area contributed by atoms with Crippen molar-refractivity contribution in [1.29, 1.82) is 0 Å². The Balaban J connectivity index is 1.58. The minimum Gasteiger partial charge on any atom is -0.497 e. The fraction of sp³-hybridized carbons (Fsp3) is 0.154. The highest BCUT2D eigenvalue weighted by Crippen LogP contribution is 2.34. The lowest BCUT2D eigenvalue weighted by molar-refractivity contribution is -0.139. The summed E-state index contributed by atoms with van der Waals surface area (Å²) in [7, 11) is 1.62. The summed E-state index contributed by atoms with van der Waals surface area (Å²) in [4.78, 5) is 15.4. The molecule has 0 fully saturated rings. The molecule has 0 radical (unpaired) electrons. The highest BCUT2D eigenvalue weighted by Gasteiger charge is 2.18. The van der Waals surface area contributed by atoms with Crippen molar-refractivity contribution >= 4 is 17.6 Å². The summed E-state index contributed by atoms with van der Waals surface area (Å²) >= 11 is 6.05. The summed E-state index contributed by atoms with van der Waals surface area (Å²) in [6, 6.07) is 20.0. The fourth-order valence-electron chi connectivity index (χ4n) is 3.33. The minimum atomic E-state index is -1.03. The van der Waals surface area contributed by atoms with Crippen LogP contribution in [0, 0.1) is 6.92 Å². The number of hydrogen-bond donors (Lipinski definition) is 1. The number of methoxy groups -OCH3 is 1. The number of carbonyl (C=O) groups is 1. The van der Waals surface area contributed by atoms with Gasteiger partial charge in [-0.2, -0.15) is 0 Å². The van der Waals surface area contributed by atoms with Crippen molar-refractivity contribution in [3.63, 3.8) is 0 Å². The smallest absolute Gasteiger partial charge is 0.341 e. The number of rotatable bonds is 9. The number of oxazole rings is 1. The van der Waals surface area contributed by atoms with E-state index in [9.17, 15) is 4.79 Å². The third kappa shape index (κ3) is 5.50. The third-order valence-corrected chi connectivity index (χ3v) is 5.25. The highest BCUT2D eigenvalue weighted by molar-refractivity contribution is 6.30. The van der Waals surface area contributed by atoms with E-state index in [1.165, 1.54) is 0 Å². The summed E-state index contributed by atoms with van der Waals surface area (Å²) in [5.41, 5.74) is 3.14. The maximum absolute atomic E-state index is 10.7. The van der Waals surface area contributed by atoms with Crippen LogP contribution in [0.4, 0.5) is 0 Å². The SMILES string of the molecule is COc1ccc(-c2nc(COc3ccc(OCC(=O)O)c(C)c3)oc2-c2ccc(Cl)cc2)cc1. The maximum Gasteiger partial charge on any atom is 0.341 e. The van der Waals surface area contributed by atoms with Crippen LogP contribution < -0.4 is 14.2 Å². The summed E-state index contributed by atoms with van der Waals surface area (Å²) in [6.07, 6.45) is 0. The molecule has 8 heteroatoms. The molecule has 0 saturated carbocycles. The fourth-order valence-corrected chi connectivity index (χ4v) is 3.45. The van der Waals surface area contributed by atoms with Crippen LogP contribution in [0.1, 0.15) is 11.5 Å². The summed E-state index contributed by atoms with van der Waals surface area (Å²) in [5.74, 6) is 1.78. The lowest BCUT2D eigenvalue weighted by atomic mass is 10.1. The second-order valence-corrected chi connectivity index (χ2v) is 7.86. The molecule has 0 unspecified atom stereocenters. The monoisotopic (exact) mass is 479 g/mol. The standard InChI is InChI=1S/C26H22ClNO6/c1-16-13-21(11-12-22(16)33-15-24(29)30)32-14-23-28-25(17-5-9-20(31-2)10-6-17)26(34-23)18-3-7-19(27)8-4-18/h3-13H,14-15H2,1-2H3,(H,29,30). The first kappa shape index (κ1) is 23.2. The highest BCUT2D eigenvalue weighted by atomic mass is 35.5. The van der Waals surface area contributed by atoms with E-state index in [2.05, 4.69) is 4.98 Å². The van der Waals surface area contributed by atoms with Gasteiger partial charge in [0, 0.05) is 16.1 Å². The number of carboxylic acids is 1. The molecular formula is C26H22ClNO6. The van der Waals surface area contributed by atoms with E-state index >= 15 is 0 Å². The van der Waals surface area contributed by atoms with E-state index in [0.29, 0.717) is 33.9 Å². The third-order valence-electron chi connectivity index (χ3n) is 5.00. The Labute approximate surface area is 201 Å². The first-order chi connectivity index (χ1) is 16.4. The lowest BCUT2D eigenvalue weighted by Gasteiger charge is -2.09. The Kier molecular flexibility index (Phi) is 7.04. The zero-order chi connectivity index (χ0) is 24.1. The van der Waals surface area contributed by atoms with Gasteiger partial charge in [0.15, 0.2) is 19.0 Å². The van der Waals surface area contributed by atoms with E-state index in [4.69, 9.17) is 35.3 Å². The lowest BCUT2D eigenvalue weighted by Crippen LogP contribution is -2.10. The van der Waals surface area contributed by atoms with Gasteiger partial charge in [-0.25, -0.2) is 9.78 Å². The second kappa shape index (κ2) is 10.3. The Bertz CT molecular complexity index is 1280. The van der Waals surface area contributed by atoms with Gasteiger partial charge in [0.2, 0.25) is 5.89 Å². The Morgan fingerprint density at radius 1 is 0.971 bits per heavy atom. The van der Waals surface area contributed by atoms with E-state index in [0.717, 1.165) is 22.4 Å². The van der Waals surface area contributed by atoms with Gasteiger partial charge in [0.1, 0.15) is 22.9 Å². The van der Waals surface area contributed by atoms with Crippen molar-refractivity contribution < 1.29 is 28.5 Å². The average molecular weight is 480 g/mol. The van der Waals surface area contributed by atoms with Crippen LogP contribution in [0.25, 0.3) is 22.6 Å². The molecule has 0 aliphatic carbocycles. The van der Waals surface area contributed by atoms with Gasteiger partial charge in [0.25, 0.3) is 0 Å². The quantitative estimate of drug-likeness (QED) is 0.314. The largest absolute Gasteiger partial charge is 0.497 e. The van der Waals surface area contributed by atoms with Crippen LogP contribution in [-0.4, -0.2) is 29.8 Å². The second-order valence-electron chi connectivity index (χ2n) is 7.42. The maximum atomic E-state index is 10.7. The van der Waals surface area contributed by atoms with Crippen molar-refractivity contribution in [2.45, 2.75) is 13.5 Å². The normalized spacial score (nSPS) is 10.7. The number of carboxylic acid groups (broad SMARTS) is 1. The molecule has 0 bridgehead atoms. The molecule has 0 atom stereocenters. The predicted octanol–water partition coefficient (Wildman–Crippen LogP) is 6.02. The number of aliphatic carboxylic acids is 1. The number of aryl methyl sites for hydroxylation is 1. The van der Waals surface area contributed by atoms with Crippen molar-refractivity contribution in [3.05, 3.63) is 83.2 Å². The van der Waals surface area contributed by atoms with Crippen molar-refractivity contribution in [1.82, 2.24) is 4.98 Å². The molecule has 4 aromatic rings. The molecule has 0 amide bonds. The van der Waals surface area contributed by atoms with Gasteiger partial charge in [-0.05, 0) is 79.2 Å². The number of benzene rings is 3. The van der Waals surface area contributed by atoms with Crippen LogP contribution in [0.3, 0.4) is 0 Å². The van der Waals surface area contributed by atoms with E-state index in [1.54, 1.807) is 37.4 Å². The van der Waals surface area contributed by atoms with E-state index in [1.807, 2.05) is 43.3 Å². The number of aromatic nitrogens is 1. The number of hydrogen-bond acceptors (Lipinski definition) is 6. The number of halogens is 1. The van der Waals surface area contributed by atoms with Crippen LogP contribution in [0.15, 0.2) is 71.1 Å². The van der Waals surface area contributed by atoms with Gasteiger partial charge < -0.3 is 23.7 Å². The van der Waals surface area contributed by atoms with Crippen LogP contribution in [0.5, 0.6) is 17.2 Å². The summed E-state index contributed by atoms with van der Waals surface area (Å²) < 4.78 is 22.5. The van der Waals surface area contributed by atoms with Gasteiger partial charge in [-0.15, -0.1) is 0 Å². The van der Waals surface area contributed by atoms with Gasteiger partial charge in [-0.1, -0.05) is 11.6 Å². The van der Waals surface area contributed by atoms with Crippen molar-refractivity contribution in [2.24, 2.45) is 0 Å². The molecule has 1 aromatic heterocycles. The molecule has 3 aromatic carbocycles. The Morgan fingerprint density at radius 3 is 2.29 bits per heavy atom. The molecule has 0 aliphatic rings. The molecular weight excluding hydrogens is 458 g/mol. The van der Waals surface area contributed by atoms with E-state index in [-0.39, 0.29) is 6.61 Å². The average Bonchev–Trinajstić information content (AvgIpc) is 3.27. The molecule has 1 heterocycles. The number of nitrogens with zero attached hydrogens (tertiary/aromatic N) is 1. The molecule has 7 nitrogen and oxygen atoms in total. The first-order valence-corrected chi connectivity index (χ1v) is 10.8. The predicted molar refractivity (Wildman–Crippen MR) is 128 cm³/mol. The molecule has 4 rings (SSSR count). The molecule has 174 valence electrons. The number of ether oxygens (including phenoxy) is 3. The molecule has 0 spiro atoms. The van der Waals surface area contributed by atoms with Crippen LogP contribution in [-0.2, 0) is 11.4 Å². The van der Waals surface area contributed by atoms with Gasteiger partial charge in [0.05, 0.1) is 7.11 Å². The van der Waals surface area contributed by atoms with Crippen molar-refractivity contribution in [3.8, 4) is 39.8 Å². The Hall–Kier alpha value is -3.97. The molecule has 34 heavy (non-hydrogen) atoms.